The van der Waals surface area contributed by atoms with E-state index in [-0.39, 0.29) is 29.5 Å². The van der Waals surface area contributed by atoms with Gasteiger partial charge >= 0.3 is 0 Å². The van der Waals surface area contributed by atoms with Crippen molar-refractivity contribution in [3.05, 3.63) is 84.4 Å². The molecule has 1 aliphatic heterocycles. The highest BCUT2D eigenvalue weighted by molar-refractivity contribution is 6.74. The van der Waals surface area contributed by atoms with Gasteiger partial charge in [-0.25, -0.2) is 0 Å². The smallest absolute Gasteiger partial charge is 0.192 e. The first kappa shape index (κ1) is 28.8. The maximum Gasteiger partial charge on any atom is 0.192 e. The highest BCUT2D eigenvalue weighted by Gasteiger charge is 2.43. The zero-order valence-electron chi connectivity index (χ0n) is 23.0. The van der Waals surface area contributed by atoms with Crippen LogP contribution in [0.1, 0.15) is 57.6 Å². The van der Waals surface area contributed by atoms with Crippen LogP contribution in [0.5, 0.6) is 0 Å². The maximum absolute atomic E-state index is 6.95. The van der Waals surface area contributed by atoms with E-state index in [0.29, 0.717) is 19.8 Å². The minimum absolute atomic E-state index is 0.00669. The van der Waals surface area contributed by atoms with Gasteiger partial charge in [-0.3, -0.25) is 0 Å². The Morgan fingerprint density at radius 1 is 0.889 bits per heavy atom. The molecule has 5 heteroatoms. The zero-order chi connectivity index (χ0) is 26.0. The summed E-state index contributed by atoms with van der Waals surface area (Å²) in [5, 5.41) is 0.143. The average Bonchev–Trinajstić information content (AvgIpc) is 3.01. The van der Waals surface area contributed by atoms with Gasteiger partial charge in [-0.1, -0.05) is 87.5 Å². The van der Waals surface area contributed by atoms with Crippen molar-refractivity contribution >= 4 is 8.32 Å². The van der Waals surface area contributed by atoms with Crippen LogP contribution in [0.3, 0.4) is 0 Å². The predicted molar refractivity (Wildman–Crippen MR) is 151 cm³/mol. The maximum atomic E-state index is 6.95. The van der Waals surface area contributed by atoms with Gasteiger partial charge in [-0.05, 0) is 54.9 Å². The molecule has 0 unspecified atom stereocenters. The van der Waals surface area contributed by atoms with Crippen molar-refractivity contribution in [3.63, 3.8) is 0 Å². The van der Waals surface area contributed by atoms with Gasteiger partial charge in [0.25, 0.3) is 0 Å². The van der Waals surface area contributed by atoms with Crippen molar-refractivity contribution in [2.75, 3.05) is 6.61 Å². The summed E-state index contributed by atoms with van der Waals surface area (Å²) in [6, 6.07) is 20.6. The molecule has 0 radical (unpaired) electrons. The largest absolute Gasteiger partial charge is 0.411 e. The van der Waals surface area contributed by atoms with Crippen LogP contribution in [-0.4, -0.2) is 39.3 Å². The molecule has 0 amide bonds. The number of ether oxygens (including phenoxy) is 3. The van der Waals surface area contributed by atoms with Crippen molar-refractivity contribution in [2.24, 2.45) is 0 Å². The SMILES string of the molecule is C=CCC[C@H]1O[C@@H](COCc2ccccc2)[C@H](OCc2ccccc2)CC[C@@H]1O[Si](C)(C)C(C)(C)C. The van der Waals surface area contributed by atoms with Gasteiger partial charge < -0.3 is 18.6 Å². The second-order valence-electron chi connectivity index (χ2n) is 11.4. The Kier molecular flexibility index (Phi) is 10.9. The lowest BCUT2D eigenvalue weighted by molar-refractivity contribution is -0.139. The van der Waals surface area contributed by atoms with E-state index in [0.717, 1.165) is 31.2 Å². The monoisotopic (exact) mass is 510 g/mol. The van der Waals surface area contributed by atoms with Crippen molar-refractivity contribution < 1.29 is 18.6 Å². The van der Waals surface area contributed by atoms with Gasteiger partial charge in [0.05, 0.1) is 38.1 Å². The van der Waals surface area contributed by atoms with Crippen LogP contribution in [0.4, 0.5) is 0 Å². The number of hydrogen-bond acceptors (Lipinski definition) is 4. The van der Waals surface area contributed by atoms with E-state index in [2.05, 4.69) is 76.8 Å². The summed E-state index contributed by atoms with van der Waals surface area (Å²) < 4.78 is 26.4. The van der Waals surface area contributed by atoms with Crippen LogP contribution in [0.25, 0.3) is 0 Å². The van der Waals surface area contributed by atoms with Crippen LogP contribution < -0.4 is 0 Å². The number of allylic oxidation sites excluding steroid dienone is 1. The molecule has 0 spiro atoms. The van der Waals surface area contributed by atoms with Crippen LogP contribution in [0.2, 0.25) is 18.1 Å². The van der Waals surface area contributed by atoms with Crippen molar-refractivity contribution in [3.8, 4) is 0 Å². The molecule has 1 aliphatic rings. The van der Waals surface area contributed by atoms with E-state index in [1.165, 1.54) is 5.56 Å². The van der Waals surface area contributed by atoms with Crippen molar-refractivity contribution in [2.45, 2.75) is 102 Å². The number of hydrogen-bond donors (Lipinski definition) is 0. The lowest BCUT2D eigenvalue weighted by atomic mass is 10.0. The molecule has 4 atom stereocenters. The topological polar surface area (TPSA) is 36.9 Å². The summed E-state index contributed by atoms with van der Waals surface area (Å²) >= 11 is 0. The third-order valence-corrected chi connectivity index (χ3v) is 12.0. The molecule has 198 valence electrons. The molecular formula is C31H46O4Si. The van der Waals surface area contributed by atoms with E-state index in [4.69, 9.17) is 18.6 Å². The first-order valence-corrected chi connectivity index (χ1v) is 16.3. The fraction of sp³-hybridized carbons (Fsp3) is 0.548. The molecule has 4 nitrogen and oxygen atoms in total. The Bertz CT molecular complexity index is 894. The van der Waals surface area contributed by atoms with Gasteiger partial charge in [0.15, 0.2) is 8.32 Å². The molecule has 2 aromatic carbocycles. The highest BCUT2D eigenvalue weighted by Crippen LogP contribution is 2.39. The standard InChI is InChI=1S/C31H46O4Si/c1-7-8-19-28-29(35-36(5,6)31(2,3)4)21-20-27(33-23-26-17-13-10-14-18-26)30(34-28)24-32-22-25-15-11-9-12-16-25/h7,9-18,27-30H,1,8,19-24H2,2-6H3/t27-,28-,29+,30+/m1/s1. The molecule has 3 rings (SSSR count). The van der Waals surface area contributed by atoms with E-state index >= 15 is 0 Å². The lowest BCUT2D eigenvalue weighted by Gasteiger charge is -2.41. The van der Waals surface area contributed by atoms with E-state index in [1.807, 2.05) is 30.3 Å². The molecule has 0 aliphatic carbocycles. The first-order chi connectivity index (χ1) is 17.2. The average molecular weight is 511 g/mol. The summed E-state index contributed by atoms with van der Waals surface area (Å²) in [7, 11) is -1.96. The molecule has 0 N–H and O–H groups in total. The molecule has 0 saturated carbocycles. The third kappa shape index (κ3) is 8.67. The van der Waals surface area contributed by atoms with Crippen LogP contribution in [0, 0.1) is 0 Å². The Labute approximate surface area is 220 Å². The quantitative estimate of drug-likeness (QED) is 0.217. The first-order valence-electron chi connectivity index (χ1n) is 13.4. The Morgan fingerprint density at radius 3 is 2.06 bits per heavy atom. The Morgan fingerprint density at radius 2 is 1.47 bits per heavy atom. The second-order valence-corrected chi connectivity index (χ2v) is 16.2. The summed E-state index contributed by atoms with van der Waals surface area (Å²) in [6.07, 6.45) is 5.40. The van der Waals surface area contributed by atoms with E-state index < -0.39 is 8.32 Å². The van der Waals surface area contributed by atoms with E-state index in [9.17, 15) is 0 Å². The van der Waals surface area contributed by atoms with Crippen LogP contribution in [0.15, 0.2) is 73.3 Å². The molecule has 1 fully saturated rings. The Balaban J connectivity index is 1.76. The summed E-state index contributed by atoms with van der Waals surface area (Å²) in [5.74, 6) is 0. The van der Waals surface area contributed by atoms with Gasteiger partial charge in [0.1, 0.15) is 6.10 Å². The molecule has 1 heterocycles. The fourth-order valence-corrected chi connectivity index (χ4v) is 5.69. The summed E-state index contributed by atoms with van der Waals surface area (Å²) in [6.45, 7) is 17.1. The van der Waals surface area contributed by atoms with Gasteiger partial charge in [-0.15, -0.1) is 6.58 Å². The lowest BCUT2D eigenvalue weighted by Crippen LogP contribution is -2.47. The molecular weight excluding hydrogens is 464 g/mol. The minimum atomic E-state index is -1.96. The fourth-order valence-electron chi connectivity index (χ4n) is 4.31. The van der Waals surface area contributed by atoms with Gasteiger partial charge in [0.2, 0.25) is 0 Å². The van der Waals surface area contributed by atoms with Crippen LogP contribution >= 0.6 is 0 Å². The molecule has 2 aromatic rings. The molecule has 0 aromatic heterocycles. The molecule has 36 heavy (non-hydrogen) atoms. The predicted octanol–water partition coefficient (Wildman–Crippen LogP) is 7.69. The number of rotatable bonds is 12. The van der Waals surface area contributed by atoms with Crippen LogP contribution in [-0.2, 0) is 31.9 Å². The normalized spacial score (nSPS) is 23.2. The van der Waals surface area contributed by atoms with E-state index in [1.54, 1.807) is 0 Å². The zero-order valence-corrected chi connectivity index (χ0v) is 24.0. The van der Waals surface area contributed by atoms with Gasteiger partial charge in [0, 0.05) is 0 Å². The summed E-state index contributed by atoms with van der Waals surface area (Å²) in [4.78, 5) is 0. The number of benzene rings is 2. The summed E-state index contributed by atoms with van der Waals surface area (Å²) in [5.41, 5.74) is 2.33. The third-order valence-electron chi connectivity index (χ3n) is 7.52. The van der Waals surface area contributed by atoms with Crippen molar-refractivity contribution in [1.82, 2.24) is 0 Å². The molecule has 1 saturated heterocycles. The minimum Gasteiger partial charge on any atom is -0.411 e. The molecule has 0 bridgehead atoms. The van der Waals surface area contributed by atoms with Gasteiger partial charge in [-0.2, -0.15) is 0 Å². The van der Waals surface area contributed by atoms with Crippen molar-refractivity contribution in [1.29, 1.82) is 0 Å². The highest BCUT2D eigenvalue weighted by atomic mass is 28.4. The second kappa shape index (κ2) is 13.7. The Hall–Kier alpha value is -1.76.